The Morgan fingerprint density at radius 1 is 1.24 bits per heavy atom. The molecular weight excluding hydrogens is 332 g/mol. The fourth-order valence-corrected chi connectivity index (χ4v) is 3.59. The van der Waals surface area contributed by atoms with Crippen molar-refractivity contribution in [3.63, 3.8) is 0 Å². The lowest BCUT2D eigenvalue weighted by molar-refractivity contribution is 0.0998. The third kappa shape index (κ3) is 3.35. The summed E-state index contributed by atoms with van der Waals surface area (Å²) < 4.78 is 8.11. The van der Waals surface area contributed by atoms with Crippen molar-refractivity contribution in [3.05, 3.63) is 57.9 Å². The summed E-state index contributed by atoms with van der Waals surface area (Å²) in [5.74, 6) is 3.11. The van der Waals surface area contributed by atoms with E-state index < -0.39 is 0 Å². The van der Waals surface area contributed by atoms with Crippen LogP contribution in [0.25, 0.3) is 10.2 Å². The average molecular weight is 350 g/mol. The molecule has 0 fully saturated rings. The van der Waals surface area contributed by atoms with Crippen LogP contribution in [0.4, 0.5) is 0 Å². The minimum Gasteiger partial charge on any atom is -0.497 e. The maximum absolute atomic E-state index is 12.6. The molecule has 0 radical (unpaired) electrons. The van der Waals surface area contributed by atoms with Gasteiger partial charge in [0.1, 0.15) is 5.75 Å². The van der Waals surface area contributed by atoms with Crippen LogP contribution in [0.5, 0.6) is 5.75 Å². The standard InChI is InChI=1S/C20H18N2O2S/c1-5-10-22-17-9-8-16(24-4)12-18(17)25-20(22)21-19(23)15-7-6-13(2)14(3)11-15/h1,6-9,11-12H,10H2,2-4H3. The molecule has 4 nitrogen and oxygen atoms in total. The molecule has 0 spiro atoms. The minimum atomic E-state index is -0.271. The van der Waals surface area contributed by atoms with Gasteiger partial charge >= 0.3 is 0 Å². The number of hydrogen-bond acceptors (Lipinski definition) is 3. The number of hydrogen-bond donors (Lipinski definition) is 0. The fourth-order valence-electron chi connectivity index (χ4n) is 2.54. The van der Waals surface area contributed by atoms with E-state index in [-0.39, 0.29) is 5.91 Å². The van der Waals surface area contributed by atoms with Crippen molar-refractivity contribution in [2.75, 3.05) is 7.11 Å². The van der Waals surface area contributed by atoms with E-state index in [4.69, 9.17) is 11.2 Å². The zero-order valence-corrected chi connectivity index (χ0v) is 15.2. The van der Waals surface area contributed by atoms with E-state index in [2.05, 4.69) is 10.9 Å². The second kappa shape index (κ2) is 6.96. The zero-order chi connectivity index (χ0) is 18.0. The van der Waals surface area contributed by atoms with Gasteiger partial charge in [-0.05, 0) is 55.3 Å². The first-order chi connectivity index (χ1) is 12.0. The number of methoxy groups -OCH3 is 1. The number of benzene rings is 2. The average Bonchev–Trinajstić information content (AvgIpc) is 2.94. The Labute approximate surface area is 150 Å². The smallest absolute Gasteiger partial charge is 0.279 e. The molecule has 0 aliphatic rings. The number of fused-ring (bicyclic) bond motifs is 1. The van der Waals surface area contributed by atoms with Gasteiger partial charge in [-0.3, -0.25) is 4.79 Å². The number of rotatable bonds is 3. The molecule has 0 aliphatic carbocycles. The van der Waals surface area contributed by atoms with Crippen LogP contribution in [0.2, 0.25) is 0 Å². The van der Waals surface area contributed by atoms with Crippen molar-refractivity contribution in [1.82, 2.24) is 4.57 Å². The van der Waals surface area contributed by atoms with Gasteiger partial charge < -0.3 is 9.30 Å². The largest absolute Gasteiger partial charge is 0.497 e. The number of carbonyl (C=O) groups is 1. The van der Waals surface area contributed by atoms with E-state index in [1.165, 1.54) is 11.3 Å². The van der Waals surface area contributed by atoms with Gasteiger partial charge in [-0.2, -0.15) is 4.99 Å². The molecule has 0 unspecified atom stereocenters. The molecule has 3 rings (SSSR count). The molecule has 0 saturated carbocycles. The molecule has 0 bridgehead atoms. The first-order valence-corrected chi connectivity index (χ1v) is 8.62. The van der Waals surface area contributed by atoms with Crippen LogP contribution >= 0.6 is 11.3 Å². The van der Waals surface area contributed by atoms with Crippen LogP contribution in [0, 0.1) is 26.2 Å². The summed E-state index contributed by atoms with van der Waals surface area (Å²) in [5, 5.41) is 0. The van der Waals surface area contributed by atoms with Crippen LogP contribution in [-0.2, 0) is 6.54 Å². The quantitative estimate of drug-likeness (QED) is 0.676. The van der Waals surface area contributed by atoms with Gasteiger partial charge in [0.15, 0.2) is 4.80 Å². The lowest BCUT2D eigenvalue weighted by atomic mass is 10.1. The second-order valence-electron chi connectivity index (χ2n) is 5.72. The summed E-state index contributed by atoms with van der Waals surface area (Å²) in [6, 6.07) is 11.3. The Bertz CT molecular complexity index is 1070. The first kappa shape index (κ1) is 17.0. The van der Waals surface area contributed by atoms with Crippen molar-refractivity contribution >= 4 is 27.5 Å². The molecule has 1 aromatic heterocycles. The Morgan fingerprint density at radius 2 is 2.04 bits per heavy atom. The van der Waals surface area contributed by atoms with Crippen molar-refractivity contribution < 1.29 is 9.53 Å². The number of aromatic nitrogens is 1. The van der Waals surface area contributed by atoms with Gasteiger partial charge in [-0.1, -0.05) is 23.3 Å². The summed E-state index contributed by atoms with van der Waals surface area (Å²) in [4.78, 5) is 17.5. The van der Waals surface area contributed by atoms with Gasteiger partial charge in [-0.25, -0.2) is 0 Å². The third-order valence-corrected chi connectivity index (χ3v) is 5.13. The fraction of sp³-hybridized carbons (Fsp3) is 0.200. The molecule has 0 atom stereocenters. The van der Waals surface area contributed by atoms with Crippen LogP contribution in [0.15, 0.2) is 41.4 Å². The highest BCUT2D eigenvalue weighted by Gasteiger charge is 2.10. The van der Waals surface area contributed by atoms with Crippen LogP contribution in [0.1, 0.15) is 21.5 Å². The maximum Gasteiger partial charge on any atom is 0.279 e. The van der Waals surface area contributed by atoms with Gasteiger partial charge in [0.2, 0.25) is 0 Å². The second-order valence-corrected chi connectivity index (χ2v) is 6.73. The third-order valence-electron chi connectivity index (χ3n) is 4.09. The Balaban J connectivity index is 2.14. The van der Waals surface area contributed by atoms with Crippen molar-refractivity contribution in [2.45, 2.75) is 20.4 Å². The molecule has 126 valence electrons. The number of amides is 1. The van der Waals surface area contributed by atoms with Crippen molar-refractivity contribution in [3.8, 4) is 18.1 Å². The molecule has 1 amide bonds. The van der Waals surface area contributed by atoms with Crippen LogP contribution < -0.4 is 9.54 Å². The number of aryl methyl sites for hydroxylation is 2. The summed E-state index contributed by atoms with van der Waals surface area (Å²) in [6.07, 6.45) is 5.50. The molecular formula is C20H18N2O2S. The highest BCUT2D eigenvalue weighted by Crippen LogP contribution is 2.23. The maximum atomic E-state index is 12.6. The number of ether oxygens (including phenoxy) is 1. The highest BCUT2D eigenvalue weighted by atomic mass is 32.1. The lowest BCUT2D eigenvalue weighted by Gasteiger charge is -2.02. The predicted octanol–water partition coefficient (Wildman–Crippen LogP) is 3.70. The van der Waals surface area contributed by atoms with E-state index in [0.29, 0.717) is 16.9 Å². The number of thiazole rings is 1. The van der Waals surface area contributed by atoms with Crippen molar-refractivity contribution in [2.24, 2.45) is 4.99 Å². The summed E-state index contributed by atoms with van der Waals surface area (Å²) in [6.45, 7) is 4.35. The molecule has 0 aliphatic heterocycles. The first-order valence-electron chi connectivity index (χ1n) is 7.80. The predicted molar refractivity (Wildman–Crippen MR) is 101 cm³/mol. The lowest BCUT2D eigenvalue weighted by Crippen LogP contribution is -2.16. The van der Waals surface area contributed by atoms with E-state index in [1.807, 2.05) is 48.7 Å². The van der Waals surface area contributed by atoms with Crippen LogP contribution in [-0.4, -0.2) is 17.6 Å². The Kier molecular flexibility index (Phi) is 4.73. The van der Waals surface area contributed by atoms with Gasteiger partial charge in [-0.15, -0.1) is 6.42 Å². The highest BCUT2D eigenvalue weighted by molar-refractivity contribution is 7.16. The van der Waals surface area contributed by atoms with E-state index >= 15 is 0 Å². The summed E-state index contributed by atoms with van der Waals surface area (Å²) in [5.41, 5.74) is 3.73. The van der Waals surface area contributed by atoms with Gasteiger partial charge in [0, 0.05) is 5.56 Å². The molecule has 0 N–H and O–H groups in total. The van der Waals surface area contributed by atoms with Gasteiger partial charge in [0.25, 0.3) is 5.91 Å². The van der Waals surface area contributed by atoms with Gasteiger partial charge in [0.05, 0.1) is 23.9 Å². The molecule has 1 heterocycles. The van der Waals surface area contributed by atoms with E-state index in [1.54, 1.807) is 13.2 Å². The SMILES string of the molecule is C#CCn1c(=NC(=O)c2ccc(C)c(C)c2)sc2cc(OC)ccc21. The van der Waals surface area contributed by atoms with E-state index in [0.717, 1.165) is 27.1 Å². The monoisotopic (exact) mass is 350 g/mol. The number of carbonyl (C=O) groups excluding carboxylic acids is 1. The molecule has 3 aromatic rings. The normalized spacial score (nSPS) is 11.5. The van der Waals surface area contributed by atoms with E-state index in [9.17, 15) is 4.79 Å². The van der Waals surface area contributed by atoms with Crippen LogP contribution in [0.3, 0.4) is 0 Å². The number of terminal acetylenes is 1. The minimum absolute atomic E-state index is 0.271. The molecule has 25 heavy (non-hydrogen) atoms. The number of nitrogens with zero attached hydrogens (tertiary/aromatic N) is 2. The molecule has 2 aromatic carbocycles. The summed E-state index contributed by atoms with van der Waals surface area (Å²) in [7, 11) is 1.62. The molecule has 0 saturated heterocycles. The topological polar surface area (TPSA) is 43.6 Å². The van der Waals surface area contributed by atoms with Crippen molar-refractivity contribution in [1.29, 1.82) is 0 Å². The Morgan fingerprint density at radius 3 is 2.72 bits per heavy atom. The zero-order valence-electron chi connectivity index (χ0n) is 14.4. The summed E-state index contributed by atoms with van der Waals surface area (Å²) >= 11 is 1.42. The Hall–Kier alpha value is -2.84. The molecule has 5 heteroatoms.